The Labute approximate surface area is 169 Å². The minimum atomic E-state index is -0.0918. The Hall–Kier alpha value is -2.63. The number of carbonyl (C=O) groups is 1. The van der Waals surface area contributed by atoms with Gasteiger partial charge in [0, 0.05) is 36.3 Å². The molecule has 1 amide bonds. The number of halogens is 1. The van der Waals surface area contributed by atoms with Gasteiger partial charge in [0.05, 0.1) is 5.69 Å². The summed E-state index contributed by atoms with van der Waals surface area (Å²) in [6, 6.07) is 19.8. The third-order valence-electron chi connectivity index (χ3n) is 5.13. The van der Waals surface area contributed by atoms with Gasteiger partial charge in [-0.1, -0.05) is 54.1 Å². The molecule has 6 heteroatoms. The number of nitrogens with zero attached hydrogens (tertiary/aromatic N) is 2. The van der Waals surface area contributed by atoms with Crippen LogP contribution in [-0.2, 0) is 6.54 Å². The summed E-state index contributed by atoms with van der Waals surface area (Å²) in [5, 5.41) is 11.0. The number of aromatic nitrogens is 2. The van der Waals surface area contributed by atoms with Crippen LogP contribution in [0.5, 0.6) is 0 Å². The van der Waals surface area contributed by atoms with Crippen LogP contribution in [-0.4, -0.2) is 40.1 Å². The minimum absolute atomic E-state index is 0.0918. The Morgan fingerprint density at radius 3 is 2.54 bits per heavy atom. The van der Waals surface area contributed by atoms with Gasteiger partial charge in [0.2, 0.25) is 0 Å². The van der Waals surface area contributed by atoms with Crippen molar-refractivity contribution in [2.75, 3.05) is 13.1 Å². The van der Waals surface area contributed by atoms with Crippen molar-refractivity contribution < 1.29 is 4.79 Å². The highest BCUT2D eigenvalue weighted by Gasteiger charge is 2.22. The first-order valence-electron chi connectivity index (χ1n) is 9.56. The van der Waals surface area contributed by atoms with E-state index in [0.29, 0.717) is 5.69 Å². The van der Waals surface area contributed by atoms with Crippen molar-refractivity contribution in [3.8, 4) is 11.3 Å². The molecule has 1 fully saturated rings. The number of hydrogen-bond donors (Lipinski definition) is 2. The molecule has 0 spiro atoms. The van der Waals surface area contributed by atoms with Crippen molar-refractivity contribution >= 4 is 17.5 Å². The molecule has 0 aliphatic carbocycles. The summed E-state index contributed by atoms with van der Waals surface area (Å²) < 4.78 is 0. The molecule has 1 aromatic heterocycles. The summed E-state index contributed by atoms with van der Waals surface area (Å²) in [5.74, 6) is -0.0918. The molecule has 0 saturated carbocycles. The number of amides is 1. The van der Waals surface area contributed by atoms with Gasteiger partial charge >= 0.3 is 0 Å². The summed E-state index contributed by atoms with van der Waals surface area (Å²) >= 11 is 5.95. The van der Waals surface area contributed by atoms with Crippen LogP contribution < -0.4 is 5.32 Å². The largest absolute Gasteiger partial charge is 0.348 e. The van der Waals surface area contributed by atoms with Crippen LogP contribution in [0, 0.1) is 0 Å². The monoisotopic (exact) mass is 394 g/mol. The summed E-state index contributed by atoms with van der Waals surface area (Å²) in [6.45, 7) is 2.84. The van der Waals surface area contributed by atoms with Crippen LogP contribution in [0.3, 0.4) is 0 Å². The smallest absolute Gasteiger partial charge is 0.269 e. The van der Waals surface area contributed by atoms with E-state index in [1.807, 2.05) is 42.5 Å². The Kier molecular flexibility index (Phi) is 5.74. The standard InChI is InChI=1S/C22H23ClN4O/c23-18-8-6-16(7-9-18)15-27-12-10-19(11-13-27)24-22(28)21-14-20(25-26-21)17-4-2-1-3-5-17/h1-9,14,19H,10-13,15H2,(H,24,28)(H,25,26). The molecular weight excluding hydrogens is 372 g/mol. The highest BCUT2D eigenvalue weighted by Crippen LogP contribution is 2.18. The number of carbonyl (C=O) groups excluding carboxylic acids is 1. The molecule has 0 bridgehead atoms. The lowest BCUT2D eigenvalue weighted by Gasteiger charge is -2.32. The van der Waals surface area contributed by atoms with Crippen LogP contribution in [0.15, 0.2) is 60.7 Å². The fraction of sp³-hybridized carbons (Fsp3) is 0.273. The van der Waals surface area contributed by atoms with E-state index in [0.717, 1.165) is 48.8 Å². The van der Waals surface area contributed by atoms with E-state index < -0.39 is 0 Å². The van der Waals surface area contributed by atoms with E-state index in [9.17, 15) is 4.79 Å². The van der Waals surface area contributed by atoms with Crippen LogP contribution in [0.4, 0.5) is 0 Å². The second kappa shape index (κ2) is 8.59. The number of aromatic amines is 1. The van der Waals surface area contributed by atoms with Gasteiger partial charge in [0.1, 0.15) is 5.69 Å². The Morgan fingerprint density at radius 1 is 1.11 bits per heavy atom. The molecule has 0 atom stereocenters. The molecule has 1 aliphatic rings. The zero-order chi connectivity index (χ0) is 19.3. The van der Waals surface area contributed by atoms with Crippen molar-refractivity contribution in [2.45, 2.75) is 25.4 Å². The quantitative estimate of drug-likeness (QED) is 0.684. The van der Waals surface area contributed by atoms with Crippen LogP contribution >= 0.6 is 11.6 Å². The maximum Gasteiger partial charge on any atom is 0.269 e. The van der Waals surface area contributed by atoms with Crippen LogP contribution in [0.25, 0.3) is 11.3 Å². The molecule has 1 aliphatic heterocycles. The summed E-state index contributed by atoms with van der Waals surface area (Å²) in [7, 11) is 0. The number of benzene rings is 2. The molecule has 2 aromatic carbocycles. The fourth-order valence-corrected chi connectivity index (χ4v) is 3.67. The first-order valence-corrected chi connectivity index (χ1v) is 9.94. The predicted molar refractivity (Wildman–Crippen MR) is 111 cm³/mol. The van der Waals surface area contributed by atoms with Gasteiger partial charge in [-0.05, 0) is 36.6 Å². The molecular formula is C22H23ClN4O. The molecule has 0 radical (unpaired) electrons. The number of nitrogens with one attached hydrogen (secondary N) is 2. The maximum atomic E-state index is 12.6. The second-order valence-corrected chi connectivity index (χ2v) is 7.62. The maximum absolute atomic E-state index is 12.6. The first kappa shape index (κ1) is 18.7. The first-order chi connectivity index (χ1) is 13.7. The number of hydrogen-bond acceptors (Lipinski definition) is 3. The zero-order valence-electron chi connectivity index (χ0n) is 15.6. The molecule has 2 heterocycles. The third-order valence-corrected chi connectivity index (χ3v) is 5.39. The van der Waals surface area contributed by atoms with Crippen LogP contribution in [0.1, 0.15) is 28.9 Å². The van der Waals surface area contributed by atoms with E-state index >= 15 is 0 Å². The highest BCUT2D eigenvalue weighted by atomic mass is 35.5. The Bertz CT molecular complexity index is 915. The van der Waals surface area contributed by atoms with Crippen molar-refractivity contribution in [3.05, 3.63) is 76.9 Å². The summed E-state index contributed by atoms with van der Waals surface area (Å²) in [5.41, 5.74) is 3.54. The molecule has 2 N–H and O–H groups in total. The lowest BCUT2D eigenvalue weighted by atomic mass is 10.0. The van der Waals surface area contributed by atoms with Gasteiger partial charge in [-0.3, -0.25) is 14.8 Å². The molecule has 0 unspecified atom stereocenters. The van der Waals surface area contributed by atoms with E-state index in [4.69, 9.17) is 11.6 Å². The van der Waals surface area contributed by atoms with Crippen LogP contribution in [0.2, 0.25) is 5.02 Å². The average Bonchev–Trinajstić information content (AvgIpc) is 3.22. The van der Waals surface area contributed by atoms with Crippen molar-refractivity contribution in [2.24, 2.45) is 0 Å². The van der Waals surface area contributed by atoms with E-state index in [1.54, 1.807) is 6.07 Å². The molecule has 4 rings (SSSR count). The van der Waals surface area contributed by atoms with Crippen molar-refractivity contribution in [3.63, 3.8) is 0 Å². The van der Waals surface area contributed by atoms with Crippen molar-refractivity contribution in [1.82, 2.24) is 20.4 Å². The van der Waals surface area contributed by atoms with E-state index in [2.05, 4.69) is 32.5 Å². The van der Waals surface area contributed by atoms with Gasteiger partial charge in [-0.15, -0.1) is 0 Å². The molecule has 3 aromatic rings. The van der Waals surface area contributed by atoms with E-state index in [-0.39, 0.29) is 11.9 Å². The van der Waals surface area contributed by atoms with Crippen molar-refractivity contribution in [1.29, 1.82) is 0 Å². The van der Waals surface area contributed by atoms with Gasteiger partial charge in [-0.25, -0.2) is 0 Å². The lowest BCUT2D eigenvalue weighted by Crippen LogP contribution is -2.44. The van der Waals surface area contributed by atoms with Gasteiger partial charge in [0.25, 0.3) is 5.91 Å². The van der Waals surface area contributed by atoms with Gasteiger partial charge < -0.3 is 5.32 Å². The number of rotatable bonds is 5. The summed E-state index contributed by atoms with van der Waals surface area (Å²) in [4.78, 5) is 15.0. The number of likely N-dealkylation sites (tertiary alicyclic amines) is 1. The van der Waals surface area contributed by atoms with E-state index in [1.165, 1.54) is 5.56 Å². The predicted octanol–water partition coefficient (Wildman–Crippen LogP) is 4.12. The Balaban J connectivity index is 1.28. The zero-order valence-corrected chi connectivity index (χ0v) is 16.3. The normalized spacial score (nSPS) is 15.5. The second-order valence-electron chi connectivity index (χ2n) is 7.18. The molecule has 5 nitrogen and oxygen atoms in total. The molecule has 1 saturated heterocycles. The SMILES string of the molecule is O=C(NC1CCN(Cc2ccc(Cl)cc2)CC1)c1cc(-c2ccccc2)n[nH]1. The number of H-pyrrole nitrogens is 1. The molecule has 28 heavy (non-hydrogen) atoms. The van der Waals surface area contributed by atoms with Gasteiger partial charge in [0.15, 0.2) is 0 Å². The summed E-state index contributed by atoms with van der Waals surface area (Å²) in [6.07, 6.45) is 1.89. The number of piperidine rings is 1. The lowest BCUT2D eigenvalue weighted by molar-refractivity contribution is 0.0904. The van der Waals surface area contributed by atoms with Gasteiger partial charge in [-0.2, -0.15) is 5.10 Å². The average molecular weight is 395 g/mol. The highest BCUT2D eigenvalue weighted by molar-refractivity contribution is 6.30. The topological polar surface area (TPSA) is 61.0 Å². The fourth-order valence-electron chi connectivity index (χ4n) is 3.54. The molecule has 144 valence electrons. The minimum Gasteiger partial charge on any atom is -0.348 e. The third kappa shape index (κ3) is 4.61. The Morgan fingerprint density at radius 2 is 1.82 bits per heavy atom.